The summed E-state index contributed by atoms with van der Waals surface area (Å²) in [5, 5.41) is 0. The van der Waals surface area contributed by atoms with Gasteiger partial charge in [0.25, 0.3) is 0 Å². The molecule has 0 saturated carbocycles. The molecule has 2 heterocycles. The number of carbonyl (C=O) groups is 1. The van der Waals surface area contributed by atoms with Crippen molar-refractivity contribution in [3.8, 4) is 0 Å². The summed E-state index contributed by atoms with van der Waals surface area (Å²) >= 11 is 0. The number of fused-ring (bicyclic) bond motifs is 1. The Balaban J connectivity index is 1.86. The average Bonchev–Trinajstić information content (AvgIpc) is 2.82. The van der Waals surface area contributed by atoms with Crippen molar-refractivity contribution in [3.63, 3.8) is 0 Å². The van der Waals surface area contributed by atoms with Gasteiger partial charge in [0.1, 0.15) is 5.82 Å². The molecule has 0 aliphatic carbocycles. The van der Waals surface area contributed by atoms with E-state index in [4.69, 9.17) is 0 Å². The van der Waals surface area contributed by atoms with Crippen LogP contribution in [0.3, 0.4) is 0 Å². The number of hydrogen-bond donors (Lipinski definition) is 0. The third-order valence-corrected chi connectivity index (χ3v) is 3.07. The van der Waals surface area contributed by atoms with Crippen LogP contribution in [0.4, 0.5) is 5.82 Å². The van der Waals surface area contributed by atoms with Crippen molar-refractivity contribution in [2.45, 2.75) is 13.1 Å². The zero-order valence-corrected chi connectivity index (χ0v) is 9.34. The molecule has 1 aromatic carbocycles. The Bertz CT molecular complexity index is 523. The van der Waals surface area contributed by atoms with Gasteiger partial charge in [-0.3, -0.25) is 4.79 Å². The predicted octanol–water partition coefficient (Wildman–Crippen LogP) is 2.41. The number of hydrogen-bond acceptors (Lipinski definition) is 3. The second-order valence-electron chi connectivity index (χ2n) is 4.19. The summed E-state index contributed by atoms with van der Waals surface area (Å²) in [5.74, 6) is 0.923. The van der Waals surface area contributed by atoms with Gasteiger partial charge in [0, 0.05) is 24.8 Å². The van der Waals surface area contributed by atoms with Crippen LogP contribution in [-0.2, 0) is 13.1 Å². The predicted molar refractivity (Wildman–Crippen MR) is 66.0 cm³/mol. The minimum Gasteiger partial charge on any atom is -0.348 e. The van der Waals surface area contributed by atoms with E-state index in [1.807, 2.05) is 6.07 Å². The fraction of sp³-hybridized carbons (Fsp3) is 0.143. The van der Waals surface area contributed by atoms with Gasteiger partial charge in [-0.15, -0.1) is 0 Å². The van der Waals surface area contributed by atoms with Gasteiger partial charge in [-0.1, -0.05) is 24.3 Å². The van der Waals surface area contributed by atoms with Crippen LogP contribution in [-0.4, -0.2) is 11.3 Å². The lowest BCUT2D eigenvalue weighted by Gasteiger charge is -2.15. The highest BCUT2D eigenvalue weighted by atomic mass is 16.1. The summed E-state index contributed by atoms with van der Waals surface area (Å²) in [6.45, 7) is 1.78. The first-order valence-corrected chi connectivity index (χ1v) is 5.60. The van der Waals surface area contributed by atoms with Gasteiger partial charge >= 0.3 is 0 Å². The lowest BCUT2D eigenvalue weighted by Crippen LogP contribution is -2.15. The maximum Gasteiger partial charge on any atom is 0.151 e. The number of aromatic nitrogens is 1. The largest absolute Gasteiger partial charge is 0.348 e. The lowest BCUT2D eigenvalue weighted by atomic mass is 10.1. The molecule has 0 fully saturated rings. The van der Waals surface area contributed by atoms with Gasteiger partial charge in [0.15, 0.2) is 6.29 Å². The van der Waals surface area contributed by atoms with E-state index in [1.165, 1.54) is 11.1 Å². The normalized spacial score (nSPS) is 13.5. The summed E-state index contributed by atoms with van der Waals surface area (Å²) in [5.41, 5.74) is 3.33. The number of nitrogens with zero attached hydrogens (tertiary/aromatic N) is 2. The van der Waals surface area contributed by atoms with Gasteiger partial charge in [-0.05, 0) is 23.3 Å². The van der Waals surface area contributed by atoms with Crippen LogP contribution in [0.25, 0.3) is 0 Å². The molecule has 3 rings (SSSR count). The number of rotatable bonds is 2. The average molecular weight is 224 g/mol. The molecular formula is C14H12N2O. The third kappa shape index (κ3) is 1.80. The van der Waals surface area contributed by atoms with Crippen molar-refractivity contribution in [3.05, 3.63) is 59.3 Å². The molecule has 2 aromatic rings. The van der Waals surface area contributed by atoms with E-state index < -0.39 is 0 Å². The molecular weight excluding hydrogens is 212 g/mol. The Morgan fingerprint density at radius 3 is 2.29 bits per heavy atom. The number of aldehydes is 1. The van der Waals surface area contributed by atoms with Gasteiger partial charge in [-0.25, -0.2) is 4.98 Å². The molecule has 1 aliphatic heterocycles. The molecule has 1 aromatic heterocycles. The Kier molecular flexibility index (Phi) is 2.37. The molecule has 0 saturated heterocycles. The zero-order valence-electron chi connectivity index (χ0n) is 9.34. The maximum absolute atomic E-state index is 10.6. The molecule has 0 radical (unpaired) electrons. The van der Waals surface area contributed by atoms with E-state index in [0.29, 0.717) is 5.56 Å². The van der Waals surface area contributed by atoms with Crippen LogP contribution < -0.4 is 4.90 Å². The number of carbonyl (C=O) groups excluding carboxylic acids is 1. The highest BCUT2D eigenvalue weighted by molar-refractivity contribution is 5.74. The first-order chi connectivity index (χ1) is 8.36. The first-order valence-electron chi connectivity index (χ1n) is 5.60. The number of pyridine rings is 1. The SMILES string of the molecule is O=Cc1ccc(N2Cc3ccccc3C2)nc1. The molecule has 0 N–H and O–H groups in total. The molecule has 0 unspecified atom stereocenters. The molecule has 84 valence electrons. The van der Waals surface area contributed by atoms with Crippen molar-refractivity contribution in [2.75, 3.05) is 4.90 Å². The molecule has 17 heavy (non-hydrogen) atoms. The molecule has 0 amide bonds. The van der Waals surface area contributed by atoms with Crippen LogP contribution in [0.5, 0.6) is 0 Å². The van der Waals surface area contributed by atoms with Crippen molar-refractivity contribution in [2.24, 2.45) is 0 Å². The molecule has 3 heteroatoms. The van der Waals surface area contributed by atoms with E-state index in [9.17, 15) is 4.79 Å². The molecule has 3 nitrogen and oxygen atoms in total. The lowest BCUT2D eigenvalue weighted by molar-refractivity contribution is 0.112. The zero-order chi connectivity index (χ0) is 11.7. The van der Waals surface area contributed by atoms with Crippen LogP contribution in [0.2, 0.25) is 0 Å². The molecule has 0 atom stereocenters. The van der Waals surface area contributed by atoms with Crippen molar-refractivity contribution >= 4 is 12.1 Å². The minimum absolute atomic E-state index is 0.616. The molecule has 1 aliphatic rings. The summed E-state index contributed by atoms with van der Waals surface area (Å²) in [4.78, 5) is 17.1. The van der Waals surface area contributed by atoms with Crippen LogP contribution >= 0.6 is 0 Å². The van der Waals surface area contributed by atoms with Crippen LogP contribution in [0, 0.1) is 0 Å². The summed E-state index contributed by atoms with van der Waals surface area (Å²) in [6.07, 6.45) is 2.43. The van der Waals surface area contributed by atoms with Crippen molar-refractivity contribution < 1.29 is 4.79 Å². The highest BCUT2D eigenvalue weighted by Crippen LogP contribution is 2.26. The standard InChI is InChI=1S/C14H12N2O/c17-10-11-5-6-14(15-7-11)16-8-12-3-1-2-4-13(12)9-16/h1-7,10H,8-9H2. The van der Waals surface area contributed by atoms with E-state index in [2.05, 4.69) is 34.1 Å². The van der Waals surface area contributed by atoms with Crippen LogP contribution in [0.1, 0.15) is 21.5 Å². The van der Waals surface area contributed by atoms with E-state index in [0.717, 1.165) is 25.2 Å². The fourth-order valence-electron chi connectivity index (χ4n) is 2.15. The van der Waals surface area contributed by atoms with E-state index in [-0.39, 0.29) is 0 Å². The van der Waals surface area contributed by atoms with E-state index >= 15 is 0 Å². The van der Waals surface area contributed by atoms with Crippen molar-refractivity contribution in [1.82, 2.24) is 4.98 Å². The monoisotopic (exact) mass is 224 g/mol. The molecule has 0 bridgehead atoms. The summed E-state index contributed by atoms with van der Waals surface area (Å²) < 4.78 is 0. The third-order valence-electron chi connectivity index (χ3n) is 3.07. The Hall–Kier alpha value is -2.16. The Morgan fingerprint density at radius 2 is 1.76 bits per heavy atom. The van der Waals surface area contributed by atoms with Gasteiger partial charge in [-0.2, -0.15) is 0 Å². The first kappa shape index (κ1) is 10.0. The van der Waals surface area contributed by atoms with Gasteiger partial charge in [0.2, 0.25) is 0 Å². The number of benzene rings is 1. The molecule has 0 spiro atoms. The van der Waals surface area contributed by atoms with Crippen LogP contribution in [0.15, 0.2) is 42.6 Å². The van der Waals surface area contributed by atoms with Gasteiger partial charge < -0.3 is 4.90 Å². The Labute approximate surface area is 99.7 Å². The smallest absolute Gasteiger partial charge is 0.151 e. The second-order valence-corrected chi connectivity index (χ2v) is 4.19. The Morgan fingerprint density at radius 1 is 1.06 bits per heavy atom. The highest BCUT2D eigenvalue weighted by Gasteiger charge is 2.18. The quantitative estimate of drug-likeness (QED) is 0.734. The topological polar surface area (TPSA) is 33.2 Å². The minimum atomic E-state index is 0.616. The fourth-order valence-corrected chi connectivity index (χ4v) is 2.15. The summed E-state index contributed by atoms with van der Waals surface area (Å²) in [7, 11) is 0. The second kappa shape index (κ2) is 4.01. The van der Waals surface area contributed by atoms with Gasteiger partial charge in [0.05, 0.1) is 0 Å². The number of anilines is 1. The van der Waals surface area contributed by atoms with E-state index in [1.54, 1.807) is 12.3 Å². The van der Waals surface area contributed by atoms with Crippen molar-refractivity contribution in [1.29, 1.82) is 0 Å². The summed E-state index contributed by atoms with van der Waals surface area (Å²) in [6, 6.07) is 12.1. The maximum atomic E-state index is 10.6.